The first kappa shape index (κ1) is 15.7. The summed E-state index contributed by atoms with van der Waals surface area (Å²) in [5, 5.41) is 0.102. The summed E-state index contributed by atoms with van der Waals surface area (Å²) in [7, 11) is 0. The summed E-state index contributed by atoms with van der Waals surface area (Å²) < 4.78 is 0. The van der Waals surface area contributed by atoms with Gasteiger partial charge in [0.1, 0.15) is 0 Å². The van der Waals surface area contributed by atoms with Crippen LogP contribution in [-0.2, 0) is 9.59 Å². The van der Waals surface area contributed by atoms with Crippen LogP contribution in [0.1, 0.15) is 13.3 Å². The van der Waals surface area contributed by atoms with E-state index in [2.05, 4.69) is 4.98 Å². The molecule has 1 aliphatic rings. The molecule has 0 radical (unpaired) electrons. The second-order valence-electron chi connectivity index (χ2n) is 5.64. The monoisotopic (exact) mass is 326 g/mol. The van der Waals surface area contributed by atoms with Crippen LogP contribution >= 0.6 is 11.8 Å². The Bertz CT molecular complexity index is 701. The summed E-state index contributed by atoms with van der Waals surface area (Å²) in [6, 6.07) is 13.8. The molecule has 1 amide bonds. The molecule has 0 bridgehead atoms. The molecule has 23 heavy (non-hydrogen) atoms. The van der Waals surface area contributed by atoms with Crippen molar-refractivity contribution in [3.05, 3.63) is 48.7 Å². The number of benzene rings is 1. The smallest absolute Gasteiger partial charge is 0.227 e. The fraction of sp³-hybridized carbons (Fsp3) is 0.278. The first-order valence-electron chi connectivity index (χ1n) is 7.58. The summed E-state index contributed by atoms with van der Waals surface area (Å²) in [4.78, 5) is 29.5. The largest absolute Gasteiger partial charge is 0.311 e. The zero-order valence-corrected chi connectivity index (χ0v) is 13.8. The summed E-state index contributed by atoms with van der Waals surface area (Å²) >= 11 is 1.29. The van der Waals surface area contributed by atoms with Gasteiger partial charge in [-0.05, 0) is 18.1 Å². The molecule has 1 aromatic carbocycles. The Kier molecular flexibility index (Phi) is 4.76. The molecule has 1 aliphatic heterocycles. The van der Waals surface area contributed by atoms with E-state index in [1.807, 2.05) is 42.5 Å². The Morgan fingerprint density at radius 1 is 1.26 bits per heavy atom. The highest BCUT2D eigenvalue weighted by Crippen LogP contribution is 2.28. The highest BCUT2D eigenvalue weighted by atomic mass is 32.2. The lowest BCUT2D eigenvalue weighted by Gasteiger charge is -2.16. The average molecular weight is 326 g/mol. The van der Waals surface area contributed by atoms with Crippen molar-refractivity contribution < 1.29 is 9.59 Å². The molecule has 1 aromatic heterocycles. The minimum absolute atomic E-state index is 0.102. The van der Waals surface area contributed by atoms with Gasteiger partial charge >= 0.3 is 0 Å². The van der Waals surface area contributed by atoms with Crippen LogP contribution in [0.2, 0.25) is 0 Å². The number of nitrogens with zero attached hydrogens (tertiary/aromatic N) is 2. The van der Waals surface area contributed by atoms with E-state index in [0.717, 1.165) is 16.9 Å². The molecule has 0 N–H and O–H groups in total. The van der Waals surface area contributed by atoms with Crippen molar-refractivity contribution in [3.63, 3.8) is 0 Å². The van der Waals surface area contributed by atoms with E-state index in [1.54, 1.807) is 18.0 Å². The molecule has 2 aromatic rings. The van der Waals surface area contributed by atoms with Gasteiger partial charge in [-0.3, -0.25) is 14.6 Å². The maximum atomic E-state index is 12.2. The molecule has 3 rings (SSSR count). The molecule has 0 spiro atoms. The third kappa shape index (κ3) is 3.79. The molecular weight excluding hydrogens is 308 g/mol. The van der Waals surface area contributed by atoms with Crippen LogP contribution in [0.25, 0.3) is 11.3 Å². The van der Waals surface area contributed by atoms with Gasteiger partial charge in [-0.15, -0.1) is 0 Å². The van der Waals surface area contributed by atoms with Crippen LogP contribution in [0.3, 0.4) is 0 Å². The molecule has 0 aliphatic carbocycles. The average Bonchev–Trinajstić information content (AvgIpc) is 2.95. The standard InChI is InChI=1S/C18H18N2O2S/c1-13(21)23-12-14-9-18(22)20(11-14)16-7-8-17(19-10-16)15-5-3-2-4-6-15/h2-8,10,14H,9,11-12H2,1H3. The fourth-order valence-electron chi connectivity index (χ4n) is 2.70. The Morgan fingerprint density at radius 3 is 2.70 bits per heavy atom. The van der Waals surface area contributed by atoms with Gasteiger partial charge in [-0.1, -0.05) is 42.1 Å². The van der Waals surface area contributed by atoms with Crippen molar-refractivity contribution in [3.8, 4) is 11.3 Å². The lowest BCUT2D eigenvalue weighted by atomic mass is 10.1. The van der Waals surface area contributed by atoms with Crippen molar-refractivity contribution in [2.45, 2.75) is 13.3 Å². The van der Waals surface area contributed by atoms with E-state index in [4.69, 9.17) is 0 Å². The van der Waals surface area contributed by atoms with Crippen LogP contribution < -0.4 is 4.90 Å². The van der Waals surface area contributed by atoms with Gasteiger partial charge in [0, 0.05) is 31.2 Å². The predicted molar refractivity (Wildman–Crippen MR) is 93.3 cm³/mol. The number of hydrogen-bond donors (Lipinski definition) is 0. The maximum absolute atomic E-state index is 12.2. The minimum atomic E-state index is 0.102. The highest BCUT2D eigenvalue weighted by molar-refractivity contribution is 8.13. The first-order chi connectivity index (χ1) is 11.1. The molecule has 0 saturated carbocycles. The Hall–Kier alpha value is -2.14. The Labute approximate surface area is 139 Å². The van der Waals surface area contributed by atoms with Gasteiger partial charge in [0.15, 0.2) is 5.12 Å². The van der Waals surface area contributed by atoms with Crippen molar-refractivity contribution in [2.75, 3.05) is 17.2 Å². The van der Waals surface area contributed by atoms with Crippen LogP contribution in [0, 0.1) is 5.92 Å². The van der Waals surface area contributed by atoms with Gasteiger partial charge < -0.3 is 4.90 Å². The molecule has 5 heteroatoms. The van der Waals surface area contributed by atoms with E-state index in [-0.39, 0.29) is 16.9 Å². The van der Waals surface area contributed by atoms with Gasteiger partial charge in [0.05, 0.1) is 17.6 Å². The molecule has 4 nitrogen and oxygen atoms in total. The normalized spacial score (nSPS) is 17.5. The Morgan fingerprint density at radius 2 is 2.04 bits per heavy atom. The highest BCUT2D eigenvalue weighted by Gasteiger charge is 2.30. The lowest BCUT2D eigenvalue weighted by Crippen LogP contribution is -2.24. The third-order valence-electron chi connectivity index (χ3n) is 3.86. The number of carbonyl (C=O) groups excluding carboxylic acids is 2. The van der Waals surface area contributed by atoms with Gasteiger partial charge in [-0.2, -0.15) is 0 Å². The van der Waals surface area contributed by atoms with Crippen molar-refractivity contribution in [1.82, 2.24) is 4.98 Å². The first-order valence-corrected chi connectivity index (χ1v) is 8.57. The SMILES string of the molecule is CC(=O)SCC1CC(=O)N(c2ccc(-c3ccccc3)nc2)C1. The van der Waals surface area contributed by atoms with Crippen LogP contribution in [0.4, 0.5) is 5.69 Å². The zero-order valence-electron chi connectivity index (χ0n) is 12.9. The summed E-state index contributed by atoms with van der Waals surface area (Å²) in [5.41, 5.74) is 2.78. The van der Waals surface area contributed by atoms with E-state index in [9.17, 15) is 9.59 Å². The maximum Gasteiger partial charge on any atom is 0.227 e. The van der Waals surface area contributed by atoms with E-state index >= 15 is 0 Å². The number of anilines is 1. The third-order valence-corrected chi connectivity index (χ3v) is 4.90. The van der Waals surface area contributed by atoms with Gasteiger partial charge in [-0.25, -0.2) is 0 Å². The number of pyridine rings is 1. The second-order valence-corrected chi connectivity index (χ2v) is 6.84. The molecule has 1 unspecified atom stereocenters. The topological polar surface area (TPSA) is 50.3 Å². The van der Waals surface area contributed by atoms with Gasteiger partial charge in [0.2, 0.25) is 5.91 Å². The molecule has 118 valence electrons. The summed E-state index contributed by atoms with van der Waals surface area (Å²) in [5.74, 6) is 1.03. The van der Waals surface area contributed by atoms with Crippen molar-refractivity contribution >= 4 is 28.5 Å². The van der Waals surface area contributed by atoms with Crippen LogP contribution in [0.15, 0.2) is 48.7 Å². The minimum Gasteiger partial charge on any atom is -0.311 e. The number of thioether (sulfide) groups is 1. The molecular formula is C18H18N2O2S. The number of amides is 1. The van der Waals surface area contributed by atoms with Gasteiger partial charge in [0.25, 0.3) is 0 Å². The molecule has 2 heterocycles. The van der Waals surface area contributed by atoms with Crippen LogP contribution in [0.5, 0.6) is 0 Å². The molecule has 1 atom stereocenters. The van der Waals surface area contributed by atoms with E-state index in [0.29, 0.717) is 18.7 Å². The van der Waals surface area contributed by atoms with Crippen LogP contribution in [-0.4, -0.2) is 28.3 Å². The quantitative estimate of drug-likeness (QED) is 0.864. The van der Waals surface area contributed by atoms with Crippen molar-refractivity contribution in [2.24, 2.45) is 5.92 Å². The summed E-state index contributed by atoms with van der Waals surface area (Å²) in [6.45, 7) is 2.22. The van der Waals surface area contributed by atoms with E-state index < -0.39 is 0 Å². The zero-order chi connectivity index (χ0) is 16.2. The fourth-order valence-corrected chi connectivity index (χ4v) is 3.40. The molecule has 1 saturated heterocycles. The number of hydrogen-bond acceptors (Lipinski definition) is 4. The second kappa shape index (κ2) is 6.96. The predicted octanol–water partition coefficient (Wildman–Crippen LogP) is 3.38. The van der Waals surface area contributed by atoms with Crippen molar-refractivity contribution in [1.29, 1.82) is 0 Å². The molecule has 1 fully saturated rings. The van der Waals surface area contributed by atoms with E-state index in [1.165, 1.54) is 11.8 Å². The Balaban J connectivity index is 1.70. The number of carbonyl (C=O) groups is 2. The lowest BCUT2D eigenvalue weighted by molar-refractivity contribution is -0.117. The number of aromatic nitrogens is 1. The number of rotatable bonds is 4. The summed E-state index contributed by atoms with van der Waals surface area (Å²) in [6.07, 6.45) is 2.25.